The molecule has 8 nitrogen and oxygen atoms in total. The SMILES string of the molecule is CCNC(=O)CN(CC)CC(=O)N1N=C(c2cc3ccccc3o2)C[C@H]1c1ccco1. The molecular weight excluding hydrogens is 396 g/mol. The van der Waals surface area contributed by atoms with Gasteiger partial charge in [-0.05, 0) is 37.7 Å². The lowest BCUT2D eigenvalue weighted by atomic mass is 10.1. The lowest BCUT2D eigenvalue weighted by molar-refractivity contribution is -0.135. The van der Waals surface area contributed by atoms with E-state index in [9.17, 15) is 9.59 Å². The fraction of sp³-hybridized carbons (Fsp3) is 0.348. The number of nitrogens with one attached hydrogen (secondary N) is 1. The van der Waals surface area contributed by atoms with Crippen molar-refractivity contribution in [3.63, 3.8) is 0 Å². The number of furan rings is 2. The van der Waals surface area contributed by atoms with Crippen LogP contribution in [-0.2, 0) is 9.59 Å². The summed E-state index contributed by atoms with van der Waals surface area (Å²) in [6.07, 6.45) is 2.08. The molecule has 0 saturated heterocycles. The molecule has 1 N–H and O–H groups in total. The number of amides is 2. The second-order valence-corrected chi connectivity index (χ2v) is 7.43. The molecule has 4 rings (SSSR count). The maximum absolute atomic E-state index is 13.2. The molecule has 8 heteroatoms. The molecule has 2 amide bonds. The Labute approximate surface area is 180 Å². The number of likely N-dealkylation sites (N-methyl/N-ethyl adjacent to an activating group) is 2. The van der Waals surface area contributed by atoms with Gasteiger partial charge in [0.25, 0.3) is 5.91 Å². The number of hydrazone groups is 1. The van der Waals surface area contributed by atoms with Crippen LogP contribution in [0.5, 0.6) is 0 Å². The van der Waals surface area contributed by atoms with Crippen molar-refractivity contribution < 1.29 is 18.4 Å². The number of carbonyl (C=O) groups excluding carboxylic acids is 2. The van der Waals surface area contributed by atoms with Crippen LogP contribution >= 0.6 is 0 Å². The number of para-hydroxylation sites is 1. The highest BCUT2D eigenvalue weighted by atomic mass is 16.3. The maximum Gasteiger partial charge on any atom is 0.257 e. The Morgan fingerprint density at radius 3 is 2.74 bits per heavy atom. The van der Waals surface area contributed by atoms with Crippen molar-refractivity contribution in [2.45, 2.75) is 26.3 Å². The molecular formula is C23H26N4O4. The molecule has 3 heterocycles. The summed E-state index contributed by atoms with van der Waals surface area (Å²) in [5.74, 6) is 1.00. The van der Waals surface area contributed by atoms with Gasteiger partial charge < -0.3 is 14.2 Å². The molecule has 2 aromatic heterocycles. The number of hydrogen-bond donors (Lipinski definition) is 1. The Balaban J connectivity index is 1.57. The zero-order valence-corrected chi connectivity index (χ0v) is 17.7. The topological polar surface area (TPSA) is 91.3 Å². The van der Waals surface area contributed by atoms with Gasteiger partial charge in [0.2, 0.25) is 5.91 Å². The third kappa shape index (κ3) is 4.54. The molecule has 1 aliphatic heterocycles. The molecule has 0 spiro atoms. The first-order valence-electron chi connectivity index (χ1n) is 10.5. The molecule has 1 atom stereocenters. The number of hydrogen-bond acceptors (Lipinski definition) is 6. The van der Waals surface area contributed by atoms with E-state index in [2.05, 4.69) is 10.4 Å². The Hall–Kier alpha value is -3.39. The van der Waals surface area contributed by atoms with Crippen LogP contribution in [0.4, 0.5) is 0 Å². The van der Waals surface area contributed by atoms with Crippen LogP contribution < -0.4 is 5.32 Å². The lowest BCUT2D eigenvalue weighted by Gasteiger charge is -2.24. The number of rotatable bonds is 8. The summed E-state index contributed by atoms with van der Waals surface area (Å²) in [6, 6.07) is 13.0. The summed E-state index contributed by atoms with van der Waals surface area (Å²) in [4.78, 5) is 26.9. The lowest BCUT2D eigenvalue weighted by Crippen LogP contribution is -2.43. The standard InChI is InChI=1S/C23H26N4O4/c1-3-24-22(28)14-26(4-2)15-23(29)27-18(20-10-7-11-30-20)13-17(25-27)21-12-16-8-5-6-9-19(16)31-21/h5-12,18H,3-4,13-15H2,1-2H3,(H,24,28)/t18-/m0/s1. The van der Waals surface area contributed by atoms with E-state index < -0.39 is 0 Å². The third-order valence-electron chi connectivity index (χ3n) is 5.29. The van der Waals surface area contributed by atoms with Gasteiger partial charge in [-0.25, -0.2) is 5.01 Å². The predicted octanol–water partition coefficient (Wildman–Crippen LogP) is 3.16. The first-order valence-corrected chi connectivity index (χ1v) is 10.5. The molecule has 0 unspecified atom stereocenters. The fourth-order valence-corrected chi connectivity index (χ4v) is 3.72. The van der Waals surface area contributed by atoms with Crippen molar-refractivity contribution >= 4 is 28.5 Å². The van der Waals surface area contributed by atoms with E-state index >= 15 is 0 Å². The summed E-state index contributed by atoms with van der Waals surface area (Å²) in [6.45, 7) is 5.16. The number of nitrogens with zero attached hydrogens (tertiary/aromatic N) is 3. The molecule has 0 radical (unpaired) electrons. The molecule has 162 valence electrons. The largest absolute Gasteiger partial charge is 0.467 e. The van der Waals surface area contributed by atoms with Crippen LogP contribution in [0.3, 0.4) is 0 Å². The molecule has 3 aromatic rings. The predicted molar refractivity (Wildman–Crippen MR) is 116 cm³/mol. The Morgan fingerprint density at radius 1 is 1.19 bits per heavy atom. The van der Waals surface area contributed by atoms with Crippen molar-refractivity contribution in [2.75, 3.05) is 26.2 Å². The van der Waals surface area contributed by atoms with Crippen LogP contribution in [0.1, 0.15) is 37.8 Å². The minimum absolute atomic E-state index is 0.0851. The van der Waals surface area contributed by atoms with Gasteiger partial charge in [-0.2, -0.15) is 5.10 Å². The summed E-state index contributed by atoms with van der Waals surface area (Å²) < 4.78 is 11.6. The van der Waals surface area contributed by atoms with Crippen molar-refractivity contribution in [3.05, 3.63) is 60.2 Å². The Morgan fingerprint density at radius 2 is 2.03 bits per heavy atom. The van der Waals surface area contributed by atoms with E-state index in [0.29, 0.717) is 36.7 Å². The number of fused-ring (bicyclic) bond motifs is 1. The van der Waals surface area contributed by atoms with Crippen LogP contribution in [0.15, 0.2) is 62.7 Å². The van der Waals surface area contributed by atoms with Gasteiger partial charge >= 0.3 is 0 Å². The van der Waals surface area contributed by atoms with Gasteiger partial charge in [-0.3, -0.25) is 14.5 Å². The zero-order chi connectivity index (χ0) is 21.8. The second kappa shape index (κ2) is 9.18. The van der Waals surface area contributed by atoms with E-state index in [1.165, 1.54) is 5.01 Å². The number of carbonyl (C=O) groups is 2. The average Bonchev–Trinajstić information content (AvgIpc) is 3.51. The van der Waals surface area contributed by atoms with Crippen LogP contribution in [0.2, 0.25) is 0 Å². The molecule has 0 aliphatic carbocycles. The highest BCUT2D eigenvalue weighted by molar-refractivity contribution is 6.03. The van der Waals surface area contributed by atoms with Gasteiger partial charge in [0.15, 0.2) is 5.76 Å². The zero-order valence-electron chi connectivity index (χ0n) is 17.7. The van der Waals surface area contributed by atoms with Gasteiger partial charge in [-0.1, -0.05) is 25.1 Å². The van der Waals surface area contributed by atoms with Crippen LogP contribution in [0.25, 0.3) is 11.0 Å². The molecule has 1 aliphatic rings. The molecule has 31 heavy (non-hydrogen) atoms. The summed E-state index contributed by atoms with van der Waals surface area (Å²) in [7, 11) is 0. The highest BCUT2D eigenvalue weighted by Crippen LogP contribution is 2.34. The normalized spacial score (nSPS) is 16.2. The highest BCUT2D eigenvalue weighted by Gasteiger charge is 2.36. The molecule has 0 bridgehead atoms. The Bertz CT molecular complexity index is 1050. The van der Waals surface area contributed by atoms with Gasteiger partial charge in [0, 0.05) is 18.4 Å². The minimum atomic E-state index is -0.353. The Kier molecular flexibility index (Phi) is 6.18. The monoisotopic (exact) mass is 422 g/mol. The first kappa shape index (κ1) is 20.9. The molecule has 0 fully saturated rings. The van der Waals surface area contributed by atoms with E-state index in [1.54, 1.807) is 17.2 Å². The average molecular weight is 422 g/mol. The first-order chi connectivity index (χ1) is 15.1. The van der Waals surface area contributed by atoms with Gasteiger partial charge in [0.1, 0.15) is 23.1 Å². The van der Waals surface area contributed by atoms with Gasteiger partial charge in [-0.15, -0.1) is 0 Å². The third-order valence-corrected chi connectivity index (χ3v) is 5.29. The summed E-state index contributed by atoms with van der Waals surface area (Å²) in [5, 5.41) is 9.82. The fourth-order valence-electron chi connectivity index (χ4n) is 3.72. The number of benzene rings is 1. The summed E-state index contributed by atoms with van der Waals surface area (Å²) >= 11 is 0. The van der Waals surface area contributed by atoms with Crippen molar-refractivity contribution in [2.24, 2.45) is 5.10 Å². The van der Waals surface area contributed by atoms with E-state index in [4.69, 9.17) is 8.83 Å². The smallest absolute Gasteiger partial charge is 0.257 e. The van der Waals surface area contributed by atoms with Crippen molar-refractivity contribution in [1.82, 2.24) is 15.2 Å². The van der Waals surface area contributed by atoms with E-state index in [1.807, 2.05) is 50.2 Å². The van der Waals surface area contributed by atoms with Crippen LogP contribution in [0, 0.1) is 0 Å². The second-order valence-electron chi connectivity index (χ2n) is 7.43. The quantitative estimate of drug-likeness (QED) is 0.602. The van der Waals surface area contributed by atoms with E-state index in [0.717, 1.165) is 11.0 Å². The molecule has 0 saturated carbocycles. The van der Waals surface area contributed by atoms with Crippen molar-refractivity contribution in [3.8, 4) is 0 Å². The van der Waals surface area contributed by atoms with Crippen LogP contribution in [-0.4, -0.2) is 53.6 Å². The van der Waals surface area contributed by atoms with Crippen molar-refractivity contribution in [1.29, 1.82) is 0 Å². The summed E-state index contributed by atoms with van der Waals surface area (Å²) in [5.41, 5.74) is 1.47. The maximum atomic E-state index is 13.2. The minimum Gasteiger partial charge on any atom is -0.467 e. The molecule has 1 aromatic carbocycles. The van der Waals surface area contributed by atoms with Gasteiger partial charge in [0.05, 0.1) is 19.4 Å². The van der Waals surface area contributed by atoms with E-state index in [-0.39, 0.29) is 30.9 Å².